The molecule has 1 amide bonds. The summed E-state index contributed by atoms with van der Waals surface area (Å²) < 4.78 is 11.3. The molecule has 0 aliphatic heterocycles. The van der Waals surface area contributed by atoms with E-state index in [-0.39, 0.29) is 17.6 Å². The Bertz CT molecular complexity index is 1050. The van der Waals surface area contributed by atoms with Gasteiger partial charge in [-0.25, -0.2) is 4.98 Å². The number of hydrogen-bond acceptors (Lipinski definition) is 10. The molecule has 0 fully saturated rings. The summed E-state index contributed by atoms with van der Waals surface area (Å²) in [6.07, 6.45) is 0.441. The first-order chi connectivity index (χ1) is 15.0. The van der Waals surface area contributed by atoms with Gasteiger partial charge in [-0.05, 0) is 30.7 Å². The second kappa shape index (κ2) is 10.3. The van der Waals surface area contributed by atoms with E-state index < -0.39 is 12.0 Å². The minimum Gasteiger partial charge on any atom is -0.497 e. The number of esters is 1. The summed E-state index contributed by atoms with van der Waals surface area (Å²) in [7, 11) is 2.91. The standard InChI is InChI=1S/C19H22N6O4S2/c1-4-14(25-17(20)23-24-19(25)31-10-15(26)29-3)16(27)22-18-21-13(9-30-18)11-5-7-12(28-2)8-6-11/h5-9,14H,4,10H2,1-3H3,(H2,20,23)(H,21,22,27). The summed E-state index contributed by atoms with van der Waals surface area (Å²) >= 11 is 2.42. The molecule has 1 atom stereocenters. The number of aromatic nitrogens is 4. The summed E-state index contributed by atoms with van der Waals surface area (Å²) in [5.74, 6) is 0.164. The molecule has 0 spiro atoms. The van der Waals surface area contributed by atoms with Gasteiger partial charge < -0.3 is 20.5 Å². The van der Waals surface area contributed by atoms with Gasteiger partial charge >= 0.3 is 5.97 Å². The van der Waals surface area contributed by atoms with Crippen molar-refractivity contribution in [3.05, 3.63) is 29.6 Å². The van der Waals surface area contributed by atoms with Crippen molar-refractivity contribution in [1.29, 1.82) is 0 Å². The lowest BCUT2D eigenvalue weighted by Crippen LogP contribution is -2.27. The van der Waals surface area contributed by atoms with E-state index in [0.717, 1.165) is 28.8 Å². The maximum atomic E-state index is 13.0. The SMILES string of the molecule is CCC(C(=O)Nc1nc(-c2ccc(OC)cc2)cs1)n1c(N)nnc1SCC(=O)OC. The zero-order valence-corrected chi connectivity index (χ0v) is 18.8. The first kappa shape index (κ1) is 22.6. The highest BCUT2D eigenvalue weighted by molar-refractivity contribution is 7.99. The largest absolute Gasteiger partial charge is 0.497 e. The number of ether oxygens (including phenoxy) is 2. The van der Waals surface area contributed by atoms with Crippen LogP contribution in [0.1, 0.15) is 19.4 Å². The number of methoxy groups -OCH3 is 2. The molecule has 31 heavy (non-hydrogen) atoms. The molecule has 3 N–H and O–H groups in total. The molecule has 0 bridgehead atoms. The predicted octanol–water partition coefficient (Wildman–Crippen LogP) is 2.85. The van der Waals surface area contributed by atoms with E-state index in [1.54, 1.807) is 7.11 Å². The third-order valence-electron chi connectivity index (χ3n) is 4.36. The van der Waals surface area contributed by atoms with Gasteiger partial charge in [0.1, 0.15) is 11.8 Å². The average molecular weight is 463 g/mol. The van der Waals surface area contributed by atoms with E-state index in [0.29, 0.717) is 16.7 Å². The minimum absolute atomic E-state index is 0.0321. The van der Waals surface area contributed by atoms with Gasteiger partial charge in [-0.2, -0.15) is 0 Å². The molecule has 0 saturated carbocycles. The Morgan fingerprint density at radius 3 is 2.65 bits per heavy atom. The summed E-state index contributed by atoms with van der Waals surface area (Å²) in [5, 5.41) is 13.4. The van der Waals surface area contributed by atoms with Gasteiger partial charge in [0.25, 0.3) is 0 Å². The fourth-order valence-electron chi connectivity index (χ4n) is 2.76. The second-order valence-corrected chi connectivity index (χ2v) is 8.06. The Morgan fingerprint density at radius 1 is 1.26 bits per heavy atom. The molecular formula is C19H22N6O4S2. The Morgan fingerprint density at radius 2 is 2.00 bits per heavy atom. The van der Waals surface area contributed by atoms with E-state index >= 15 is 0 Å². The molecule has 10 nitrogen and oxygen atoms in total. The van der Waals surface area contributed by atoms with Crippen LogP contribution in [0.15, 0.2) is 34.8 Å². The molecule has 0 aliphatic carbocycles. The van der Waals surface area contributed by atoms with Crippen molar-refractivity contribution >= 4 is 46.1 Å². The molecule has 2 aromatic heterocycles. The Labute approximate surface area is 187 Å². The number of thiazole rings is 1. The van der Waals surface area contributed by atoms with Crippen molar-refractivity contribution in [1.82, 2.24) is 19.7 Å². The van der Waals surface area contributed by atoms with Crippen LogP contribution in [-0.2, 0) is 14.3 Å². The fraction of sp³-hybridized carbons (Fsp3) is 0.316. The zero-order chi connectivity index (χ0) is 22.4. The number of benzene rings is 1. The lowest BCUT2D eigenvalue weighted by Gasteiger charge is -2.18. The topological polar surface area (TPSA) is 134 Å². The Kier molecular flexibility index (Phi) is 7.47. The molecule has 12 heteroatoms. The predicted molar refractivity (Wildman–Crippen MR) is 119 cm³/mol. The number of thioether (sulfide) groups is 1. The number of rotatable bonds is 9. The first-order valence-electron chi connectivity index (χ1n) is 9.27. The summed E-state index contributed by atoms with van der Waals surface area (Å²) in [4.78, 5) is 28.9. The lowest BCUT2D eigenvalue weighted by molar-refractivity contribution is -0.137. The summed E-state index contributed by atoms with van der Waals surface area (Å²) in [5.41, 5.74) is 7.60. The molecule has 1 aromatic carbocycles. The van der Waals surface area contributed by atoms with E-state index in [4.69, 9.17) is 10.5 Å². The number of nitrogens with one attached hydrogen (secondary N) is 1. The maximum Gasteiger partial charge on any atom is 0.316 e. The third-order valence-corrected chi connectivity index (χ3v) is 6.03. The number of hydrogen-bond donors (Lipinski definition) is 2. The number of nitrogen functional groups attached to an aromatic ring is 1. The van der Waals surface area contributed by atoms with Gasteiger partial charge in [0, 0.05) is 10.9 Å². The van der Waals surface area contributed by atoms with E-state index in [9.17, 15) is 9.59 Å². The summed E-state index contributed by atoms with van der Waals surface area (Å²) in [6, 6.07) is 6.84. The van der Waals surface area contributed by atoms with Gasteiger partial charge in [0.2, 0.25) is 11.9 Å². The molecular weight excluding hydrogens is 440 g/mol. The smallest absolute Gasteiger partial charge is 0.316 e. The van der Waals surface area contributed by atoms with Gasteiger partial charge in [0.15, 0.2) is 10.3 Å². The molecule has 0 aliphatic rings. The highest BCUT2D eigenvalue weighted by Crippen LogP contribution is 2.29. The van der Waals surface area contributed by atoms with Crippen molar-refractivity contribution in [2.24, 2.45) is 0 Å². The van der Waals surface area contributed by atoms with Gasteiger partial charge in [0.05, 0.1) is 25.7 Å². The zero-order valence-electron chi connectivity index (χ0n) is 17.2. The van der Waals surface area contributed by atoms with Crippen LogP contribution in [0.5, 0.6) is 5.75 Å². The van der Waals surface area contributed by atoms with Crippen LogP contribution >= 0.6 is 23.1 Å². The van der Waals surface area contributed by atoms with Crippen LogP contribution in [0.3, 0.4) is 0 Å². The maximum absolute atomic E-state index is 13.0. The lowest BCUT2D eigenvalue weighted by atomic mass is 10.2. The van der Waals surface area contributed by atoms with Crippen LogP contribution < -0.4 is 15.8 Å². The molecule has 0 saturated heterocycles. The number of amides is 1. The quantitative estimate of drug-likeness (QED) is 0.363. The van der Waals surface area contributed by atoms with E-state index in [1.807, 2.05) is 36.6 Å². The van der Waals surface area contributed by atoms with Gasteiger partial charge in [-0.15, -0.1) is 21.5 Å². The van der Waals surface area contributed by atoms with Crippen molar-refractivity contribution < 1.29 is 19.1 Å². The second-order valence-electron chi connectivity index (χ2n) is 6.26. The minimum atomic E-state index is -0.663. The van der Waals surface area contributed by atoms with Crippen LogP contribution in [0.25, 0.3) is 11.3 Å². The van der Waals surface area contributed by atoms with Crippen LogP contribution in [0, 0.1) is 0 Å². The third kappa shape index (κ3) is 5.33. The van der Waals surface area contributed by atoms with Crippen LogP contribution in [-0.4, -0.2) is 51.6 Å². The normalized spacial score (nSPS) is 11.7. The number of carbonyl (C=O) groups excluding carboxylic acids is 2. The van der Waals surface area contributed by atoms with Crippen molar-refractivity contribution in [3.8, 4) is 17.0 Å². The fourth-order valence-corrected chi connectivity index (χ4v) is 4.31. The van der Waals surface area contributed by atoms with Crippen molar-refractivity contribution in [3.63, 3.8) is 0 Å². The van der Waals surface area contributed by atoms with Gasteiger partial charge in [-0.3, -0.25) is 14.2 Å². The Balaban J connectivity index is 1.74. The van der Waals surface area contributed by atoms with Crippen molar-refractivity contribution in [2.75, 3.05) is 31.0 Å². The van der Waals surface area contributed by atoms with Crippen molar-refractivity contribution in [2.45, 2.75) is 24.5 Å². The highest BCUT2D eigenvalue weighted by atomic mass is 32.2. The summed E-state index contributed by atoms with van der Waals surface area (Å²) in [6.45, 7) is 1.85. The molecule has 3 rings (SSSR count). The number of carbonyl (C=O) groups is 2. The molecule has 3 aromatic rings. The average Bonchev–Trinajstić information content (AvgIpc) is 3.40. The first-order valence-corrected chi connectivity index (χ1v) is 11.1. The molecule has 1 unspecified atom stereocenters. The molecule has 0 radical (unpaired) electrons. The number of nitrogens with two attached hydrogens (primary N) is 1. The highest BCUT2D eigenvalue weighted by Gasteiger charge is 2.26. The Hall–Kier alpha value is -3.12. The van der Waals surface area contributed by atoms with Gasteiger partial charge in [-0.1, -0.05) is 18.7 Å². The monoisotopic (exact) mass is 462 g/mol. The van der Waals surface area contributed by atoms with Crippen LogP contribution in [0.4, 0.5) is 11.1 Å². The van der Waals surface area contributed by atoms with E-state index in [2.05, 4.69) is 25.2 Å². The molecule has 2 heterocycles. The number of anilines is 2. The molecule has 164 valence electrons. The van der Waals surface area contributed by atoms with E-state index in [1.165, 1.54) is 23.0 Å². The number of nitrogens with zero attached hydrogens (tertiary/aromatic N) is 4. The van der Waals surface area contributed by atoms with Crippen LogP contribution in [0.2, 0.25) is 0 Å².